The molecule has 27 heavy (non-hydrogen) atoms. The van der Waals surface area contributed by atoms with E-state index in [1.165, 1.54) is 13.2 Å². The van der Waals surface area contributed by atoms with Crippen LogP contribution in [-0.4, -0.2) is 40.0 Å². The molecular weight excluding hydrogens is 406 g/mol. The van der Waals surface area contributed by atoms with Crippen molar-refractivity contribution >= 4 is 33.4 Å². The molecule has 2 aromatic carbocycles. The van der Waals surface area contributed by atoms with E-state index in [4.69, 9.17) is 21.1 Å². The molecule has 0 unspecified atom stereocenters. The molecule has 5 nitrogen and oxygen atoms in total. The molecule has 8 heteroatoms. The van der Waals surface area contributed by atoms with Crippen LogP contribution in [0.4, 0.5) is 0 Å². The average molecular weight is 428 g/mol. The molecule has 1 aliphatic rings. The quantitative estimate of drug-likeness (QED) is 0.724. The zero-order valence-corrected chi connectivity index (χ0v) is 17.4. The van der Waals surface area contributed by atoms with Gasteiger partial charge in [0.25, 0.3) is 0 Å². The van der Waals surface area contributed by atoms with E-state index in [-0.39, 0.29) is 15.4 Å². The third-order valence-electron chi connectivity index (χ3n) is 4.48. The van der Waals surface area contributed by atoms with Crippen molar-refractivity contribution in [2.24, 2.45) is 0 Å². The highest BCUT2D eigenvalue weighted by atomic mass is 35.5. The number of rotatable bonds is 7. The first-order valence-corrected chi connectivity index (χ1v) is 11.3. The minimum atomic E-state index is -3.77. The second-order valence-electron chi connectivity index (χ2n) is 6.33. The molecule has 1 fully saturated rings. The molecule has 0 aromatic heterocycles. The topological polar surface area (TPSA) is 64.6 Å². The smallest absolute Gasteiger partial charge is 0.244 e. The Hall–Kier alpha value is -1.25. The minimum absolute atomic E-state index is 0.0458. The Morgan fingerprint density at radius 3 is 2.56 bits per heavy atom. The van der Waals surface area contributed by atoms with Crippen LogP contribution < -0.4 is 9.46 Å². The predicted octanol–water partition coefficient (Wildman–Crippen LogP) is 3.97. The highest BCUT2D eigenvalue weighted by molar-refractivity contribution is 8.00. The van der Waals surface area contributed by atoms with Crippen LogP contribution in [0.2, 0.25) is 5.02 Å². The van der Waals surface area contributed by atoms with E-state index in [2.05, 4.69) is 4.72 Å². The lowest BCUT2D eigenvalue weighted by molar-refractivity contribution is 0.0784. The molecule has 0 radical (unpaired) electrons. The summed E-state index contributed by atoms with van der Waals surface area (Å²) in [6.45, 7) is 1.53. The summed E-state index contributed by atoms with van der Waals surface area (Å²) in [5.74, 6) is 0.267. The Balaban J connectivity index is 1.81. The van der Waals surface area contributed by atoms with Gasteiger partial charge in [0.2, 0.25) is 10.0 Å². The molecule has 0 atom stereocenters. The monoisotopic (exact) mass is 427 g/mol. The van der Waals surface area contributed by atoms with Crippen LogP contribution >= 0.6 is 23.4 Å². The summed E-state index contributed by atoms with van der Waals surface area (Å²) in [5, 5.41) is 0.343. The number of ether oxygens (including phenoxy) is 2. The van der Waals surface area contributed by atoms with Crippen molar-refractivity contribution in [2.75, 3.05) is 26.9 Å². The van der Waals surface area contributed by atoms with Crippen molar-refractivity contribution in [2.45, 2.75) is 27.4 Å². The van der Waals surface area contributed by atoms with Crippen LogP contribution in [-0.2, 0) is 14.8 Å². The molecule has 1 heterocycles. The van der Waals surface area contributed by atoms with Crippen LogP contribution in [0.1, 0.15) is 12.8 Å². The van der Waals surface area contributed by atoms with Gasteiger partial charge < -0.3 is 9.47 Å². The maximum Gasteiger partial charge on any atom is 0.244 e. The lowest BCUT2D eigenvalue weighted by atomic mass is 9.99. The third-order valence-corrected chi connectivity index (χ3v) is 7.63. The molecule has 0 aliphatic carbocycles. The van der Waals surface area contributed by atoms with Gasteiger partial charge in [-0.1, -0.05) is 29.8 Å². The highest BCUT2D eigenvalue weighted by Crippen LogP contribution is 2.40. The summed E-state index contributed by atoms with van der Waals surface area (Å²) in [4.78, 5) is 1.16. The summed E-state index contributed by atoms with van der Waals surface area (Å²) in [7, 11) is -2.33. The van der Waals surface area contributed by atoms with E-state index in [0.29, 0.717) is 24.8 Å². The van der Waals surface area contributed by atoms with Gasteiger partial charge in [-0.25, -0.2) is 13.1 Å². The summed E-state index contributed by atoms with van der Waals surface area (Å²) < 4.78 is 39.0. The van der Waals surface area contributed by atoms with E-state index in [1.807, 2.05) is 30.3 Å². The molecule has 0 amide bonds. The van der Waals surface area contributed by atoms with Crippen LogP contribution in [0.15, 0.2) is 58.3 Å². The fraction of sp³-hybridized carbons (Fsp3) is 0.368. The first kappa shape index (κ1) is 20.5. The van der Waals surface area contributed by atoms with Crippen molar-refractivity contribution in [3.63, 3.8) is 0 Å². The van der Waals surface area contributed by atoms with Gasteiger partial charge in [-0.2, -0.15) is 0 Å². The van der Waals surface area contributed by atoms with Crippen molar-refractivity contribution < 1.29 is 17.9 Å². The Morgan fingerprint density at radius 1 is 1.19 bits per heavy atom. The minimum Gasteiger partial charge on any atom is -0.495 e. The van der Waals surface area contributed by atoms with Crippen molar-refractivity contribution in [1.29, 1.82) is 0 Å². The number of hydrogen-bond acceptors (Lipinski definition) is 5. The first-order chi connectivity index (χ1) is 12.9. The number of thioether (sulfide) groups is 1. The SMILES string of the molecule is COc1ccc(Cl)cc1S(=O)(=O)NCC1(Sc2ccccc2)CCOCC1. The van der Waals surface area contributed by atoms with Gasteiger partial charge in [-0.05, 0) is 43.2 Å². The standard InChI is InChI=1S/C19H22ClNO4S2/c1-24-17-8-7-15(20)13-18(17)27(22,23)21-14-19(9-11-25-12-10-19)26-16-5-3-2-4-6-16/h2-8,13,21H,9-12,14H2,1H3. The number of methoxy groups -OCH3 is 1. The maximum atomic E-state index is 12.9. The molecule has 2 aromatic rings. The van der Waals surface area contributed by atoms with E-state index < -0.39 is 10.0 Å². The molecule has 1 saturated heterocycles. The number of sulfonamides is 1. The van der Waals surface area contributed by atoms with Gasteiger partial charge in [0.1, 0.15) is 10.6 Å². The Bertz CT molecular complexity index is 869. The molecule has 0 spiro atoms. The molecular formula is C19H22ClNO4S2. The predicted molar refractivity (Wildman–Crippen MR) is 108 cm³/mol. The summed E-state index contributed by atoms with van der Waals surface area (Å²) in [5.41, 5.74) is 0. The number of halogens is 1. The van der Waals surface area contributed by atoms with Gasteiger partial charge >= 0.3 is 0 Å². The van der Waals surface area contributed by atoms with Crippen LogP contribution in [0.25, 0.3) is 0 Å². The van der Waals surface area contributed by atoms with Crippen molar-refractivity contribution in [3.05, 3.63) is 53.6 Å². The van der Waals surface area contributed by atoms with Gasteiger partial charge in [-0.15, -0.1) is 11.8 Å². The molecule has 1 aliphatic heterocycles. The van der Waals surface area contributed by atoms with E-state index in [0.717, 1.165) is 17.7 Å². The van der Waals surface area contributed by atoms with E-state index in [9.17, 15) is 8.42 Å². The fourth-order valence-electron chi connectivity index (χ4n) is 2.96. The molecule has 146 valence electrons. The molecule has 0 bridgehead atoms. The van der Waals surface area contributed by atoms with Gasteiger partial charge in [0.05, 0.1) is 7.11 Å². The van der Waals surface area contributed by atoms with Crippen molar-refractivity contribution in [1.82, 2.24) is 4.72 Å². The molecule has 0 saturated carbocycles. The molecule has 3 rings (SSSR count). The summed E-state index contributed by atoms with van der Waals surface area (Å²) in [6.07, 6.45) is 1.53. The number of nitrogens with one attached hydrogen (secondary N) is 1. The zero-order valence-electron chi connectivity index (χ0n) is 15.0. The van der Waals surface area contributed by atoms with Crippen molar-refractivity contribution in [3.8, 4) is 5.75 Å². The third kappa shape index (κ3) is 5.18. The molecule has 1 N–H and O–H groups in total. The fourth-order valence-corrected chi connectivity index (χ4v) is 5.92. The van der Waals surface area contributed by atoms with Crippen LogP contribution in [0.5, 0.6) is 5.75 Å². The van der Waals surface area contributed by atoms with Crippen LogP contribution in [0, 0.1) is 0 Å². The lowest BCUT2D eigenvalue weighted by Crippen LogP contribution is -2.44. The second-order valence-corrected chi connectivity index (χ2v) is 10.0. The summed E-state index contributed by atoms with van der Waals surface area (Å²) >= 11 is 7.69. The number of benzene rings is 2. The Labute approximate surface area is 169 Å². The maximum absolute atomic E-state index is 12.9. The number of hydrogen-bond donors (Lipinski definition) is 1. The second kappa shape index (κ2) is 8.84. The Morgan fingerprint density at radius 2 is 1.89 bits per heavy atom. The zero-order chi connectivity index (χ0) is 19.3. The summed E-state index contributed by atoms with van der Waals surface area (Å²) in [6, 6.07) is 14.6. The van der Waals surface area contributed by atoms with E-state index >= 15 is 0 Å². The normalized spacial score (nSPS) is 16.8. The van der Waals surface area contributed by atoms with E-state index in [1.54, 1.807) is 23.9 Å². The highest BCUT2D eigenvalue weighted by Gasteiger charge is 2.35. The lowest BCUT2D eigenvalue weighted by Gasteiger charge is -2.36. The van der Waals surface area contributed by atoms with Crippen LogP contribution in [0.3, 0.4) is 0 Å². The van der Waals surface area contributed by atoms with Gasteiger partial charge in [0, 0.05) is 34.4 Å². The average Bonchev–Trinajstić information content (AvgIpc) is 2.68. The Kier molecular flexibility index (Phi) is 6.70. The van der Waals surface area contributed by atoms with Gasteiger partial charge in [-0.3, -0.25) is 0 Å². The van der Waals surface area contributed by atoms with Gasteiger partial charge in [0.15, 0.2) is 0 Å². The largest absolute Gasteiger partial charge is 0.495 e. The first-order valence-electron chi connectivity index (χ1n) is 8.59.